The van der Waals surface area contributed by atoms with Crippen molar-refractivity contribution in [1.82, 2.24) is 24.8 Å². The lowest BCUT2D eigenvalue weighted by Gasteiger charge is -2.18. The molecule has 0 bridgehead atoms. The number of aliphatic hydroxyl groups excluding tert-OH is 3. The summed E-state index contributed by atoms with van der Waals surface area (Å²) in [7, 11) is 0. The zero-order valence-electron chi connectivity index (χ0n) is 18.6. The molecule has 11 nitrogen and oxygen atoms in total. The van der Waals surface area contributed by atoms with E-state index < -0.39 is 31.1 Å². The first-order valence-electron chi connectivity index (χ1n) is 12.0. The van der Waals surface area contributed by atoms with E-state index in [1.54, 1.807) is 4.57 Å². The van der Waals surface area contributed by atoms with Crippen molar-refractivity contribution in [2.75, 3.05) is 11.9 Å². The molecule has 1 saturated heterocycles. The van der Waals surface area contributed by atoms with Crippen LogP contribution >= 0.6 is 0 Å². The summed E-state index contributed by atoms with van der Waals surface area (Å²) in [6, 6.07) is 0.295. The van der Waals surface area contributed by atoms with Gasteiger partial charge in [-0.05, 0) is 25.7 Å². The number of fused-ring (bicyclic) bond motifs is 1. The number of anilines is 1. The van der Waals surface area contributed by atoms with Crippen LogP contribution in [0.1, 0.15) is 63.4 Å². The van der Waals surface area contributed by atoms with Crippen LogP contribution < -0.4 is 10.6 Å². The molecule has 1 amide bonds. The largest absolute Gasteiger partial charge is 0.394 e. The average molecular weight is 461 g/mol. The molecule has 0 spiro atoms. The summed E-state index contributed by atoms with van der Waals surface area (Å²) >= 11 is 0. The lowest BCUT2D eigenvalue weighted by Crippen LogP contribution is -2.33. The van der Waals surface area contributed by atoms with E-state index in [-0.39, 0.29) is 18.4 Å². The van der Waals surface area contributed by atoms with Gasteiger partial charge < -0.3 is 30.7 Å². The van der Waals surface area contributed by atoms with Crippen molar-refractivity contribution in [3.63, 3.8) is 0 Å². The standard InChI is InChI=1S/C22H32N6O5/c29-10-14-17(30)18(31)22(33-14)28-11-24-16-19(25-13-7-3-4-8-13)26-15(27-20(16)28)9-23-21(32)12-5-1-2-6-12/h11-14,17-18,22,29-31H,1-10H2,(H,23,32)(H,25,26,27). The lowest BCUT2D eigenvalue weighted by molar-refractivity contribution is -0.125. The Labute approximate surface area is 191 Å². The number of ether oxygens (including phenoxy) is 1. The predicted molar refractivity (Wildman–Crippen MR) is 118 cm³/mol. The maximum absolute atomic E-state index is 12.5. The van der Waals surface area contributed by atoms with Gasteiger partial charge in [0.25, 0.3) is 0 Å². The molecule has 5 rings (SSSR count). The van der Waals surface area contributed by atoms with E-state index in [0.29, 0.717) is 28.8 Å². The number of imidazole rings is 1. The van der Waals surface area contributed by atoms with Crippen LogP contribution in [0.3, 0.4) is 0 Å². The quantitative estimate of drug-likeness (QED) is 0.399. The lowest BCUT2D eigenvalue weighted by atomic mass is 10.1. The molecule has 3 heterocycles. The van der Waals surface area contributed by atoms with E-state index in [1.807, 2.05) is 0 Å². The van der Waals surface area contributed by atoms with E-state index >= 15 is 0 Å². The summed E-state index contributed by atoms with van der Waals surface area (Å²) in [4.78, 5) is 26.3. The first-order valence-corrected chi connectivity index (χ1v) is 12.0. The van der Waals surface area contributed by atoms with Crippen molar-refractivity contribution in [1.29, 1.82) is 0 Å². The molecule has 11 heteroatoms. The van der Waals surface area contributed by atoms with Crippen molar-refractivity contribution in [3.05, 3.63) is 12.2 Å². The van der Waals surface area contributed by atoms with Crippen LogP contribution in [0.2, 0.25) is 0 Å². The monoisotopic (exact) mass is 460 g/mol. The number of carbonyl (C=O) groups excluding carboxylic acids is 1. The van der Waals surface area contributed by atoms with Crippen molar-refractivity contribution in [2.45, 2.75) is 88.5 Å². The predicted octanol–water partition coefficient (Wildman–Crippen LogP) is 0.599. The fraction of sp³-hybridized carbons (Fsp3) is 0.727. The molecule has 2 aromatic rings. The van der Waals surface area contributed by atoms with Gasteiger partial charge in [0.05, 0.1) is 19.5 Å². The minimum absolute atomic E-state index is 0.0264. The van der Waals surface area contributed by atoms with Crippen molar-refractivity contribution in [2.24, 2.45) is 5.92 Å². The van der Waals surface area contributed by atoms with Crippen molar-refractivity contribution < 1.29 is 24.9 Å². The van der Waals surface area contributed by atoms with Gasteiger partial charge in [-0.15, -0.1) is 0 Å². The summed E-state index contributed by atoms with van der Waals surface area (Å²) in [5.74, 6) is 1.10. The van der Waals surface area contributed by atoms with Gasteiger partial charge in [0.1, 0.15) is 18.3 Å². The SMILES string of the molecule is O=C(NCc1nc(NC2CCCC2)c2ncn(C3OC(CO)C(O)C3O)c2n1)C1CCCC1. The van der Waals surface area contributed by atoms with Crippen LogP contribution in [0.4, 0.5) is 5.82 Å². The van der Waals surface area contributed by atoms with E-state index in [9.17, 15) is 20.1 Å². The Bertz CT molecular complexity index is 987. The highest BCUT2D eigenvalue weighted by Gasteiger charge is 2.44. The Hall–Kier alpha value is -2.34. The van der Waals surface area contributed by atoms with Crippen LogP contribution in [0.25, 0.3) is 11.2 Å². The number of aromatic nitrogens is 4. The van der Waals surface area contributed by atoms with Gasteiger partial charge >= 0.3 is 0 Å². The Balaban J connectivity index is 1.45. The third-order valence-corrected chi connectivity index (χ3v) is 7.10. The van der Waals surface area contributed by atoms with E-state index in [0.717, 1.165) is 51.4 Å². The second-order valence-corrected chi connectivity index (χ2v) is 9.37. The second kappa shape index (κ2) is 9.49. The maximum atomic E-state index is 12.5. The fourth-order valence-electron chi connectivity index (χ4n) is 5.20. The van der Waals surface area contributed by atoms with Crippen molar-refractivity contribution in [3.8, 4) is 0 Å². The Morgan fingerprint density at radius 3 is 2.52 bits per heavy atom. The first-order chi connectivity index (χ1) is 16.0. The molecule has 4 unspecified atom stereocenters. The number of nitrogens with zero attached hydrogens (tertiary/aromatic N) is 4. The molecule has 4 atom stereocenters. The summed E-state index contributed by atoms with van der Waals surface area (Å²) in [5.41, 5.74) is 0.968. The summed E-state index contributed by atoms with van der Waals surface area (Å²) in [6.07, 6.45) is 5.61. The molecule has 0 aromatic carbocycles. The summed E-state index contributed by atoms with van der Waals surface area (Å²) < 4.78 is 7.25. The number of nitrogens with one attached hydrogen (secondary N) is 2. The number of amides is 1. The highest BCUT2D eigenvalue weighted by atomic mass is 16.6. The molecule has 180 valence electrons. The highest BCUT2D eigenvalue weighted by Crippen LogP contribution is 2.33. The normalized spacial score (nSPS) is 28.7. The molecular formula is C22H32N6O5. The third-order valence-electron chi connectivity index (χ3n) is 7.10. The summed E-state index contributed by atoms with van der Waals surface area (Å²) in [6.45, 7) is -0.227. The zero-order chi connectivity index (χ0) is 22.9. The van der Waals surface area contributed by atoms with Crippen LogP contribution in [0.15, 0.2) is 6.33 Å². The first kappa shape index (κ1) is 22.5. The Morgan fingerprint density at radius 2 is 1.82 bits per heavy atom. The van der Waals surface area contributed by atoms with Crippen molar-refractivity contribution >= 4 is 22.9 Å². The van der Waals surface area contributed by atoms with Crippen LogP contribution in [-0.4, -0.2) is 71.7 Å². The average Bonchev–Trinajstić information content (AvgIpc) is 3.61. The molecule has 1 aliphatic heterocycles. The Morgan fingerprint density at radius 1 is 1.09 bits per heavy atom. The number of hydrogen-bond acceptors (Lipinski definition) is 9. The van der Waals surface area contributed by atoms with Gasteiger partial charge in [-0.2, -0.15) is 0 Å². The van der Waals surface area contributed by atoms with E-state index in [2.05, 4.69) is 25.6 Å². The fourth-order valence-corrected chi connectivity index (χ4v) is 5.20. The number of hydrogen-bond donors (Lipinski definition) is 5. The van der Waals surface area contributed by atoms with Gasteiger partial charge in [0.2, 0.25) is 5.91 Å². The second-order valence-electron chi connectivity index (χ2n) is 9.37. The maximum Gasteiger partial charge on any atom is 0.223 e. The Kier molecular flexibility index (Phi) is 6.46. The van der Waals surface area contributed by atoms with Crippen LogP contribution in [0, 0.1) is 5.92 Å². The molecule has 3 aliphatic rings. The van der Waals surface area contributed by atoms with Gasteiger partial charge in [-0.1, -0.05) is 25.7 Å². The highest BCUT2D eigenvalue weighted by molar-refractivity contribution is 5.83. The van der Waals surface area contributed by atoms with Gasteiger partial charge in [-0.3, -0.25) is 9.36 Å². The van der Waals surface area contributed by atoms with E-state index in [1.165, 1.54) is 6.33 Å². The van der Waals surface area contributed by atoms with Gasteiger partial charge in [0, 0.05) is 12.0 Å². The number of carbonyl (C=O) groups is 1. The topological polar surface area (TPSA) is 155 Å². The minimum atomic E-state index is -1.24. The number of aliphatic hydroxyl groups is 3. The number of rotatable bonds is 7. The molecular weight excluding hydrogens is 428 g/mol. The van der Waals surface area contributed by atoms with Gasteiger partial charge in [-0.25, -0.2) is 15.0 Å². The molecule has 5 N–H and O–H groups in total. The van der Waals surface area contributed by atoms with Crippen LogP contribution in [0.5, 0.6) is 0 Å². The summed E-state index contributed by atoms with van der Waals surface area (Å²) in [5, 5.41) is 36.6. The molecule has 33 heavy (non-hydrogen) atoms. The molecule has 2 aliphatic carbocycles. The van der Waals surface area contributed by atoms with Gasteiger partial charge in [0.15, 0.2) is 29.0 Å². The smallest absolute Gasteiger partial charge is 0.223 e. The molecule has 2 saturated carbocycles. The molecule has 3 fully saturated rings. The minimum Gasteiger partial charge on any atom is -0.394 e. The third kappa shape index (κ3) is 4.42. The zero-order valence-corrected chi connectivity index (χ0v) is 18.6. The molecule has 0 radical (unpaired) electrons. The molecule has 2 aromatic heterocycles. The van der Waals surface area contributed by atoms with Crippen LogP contribution in [-0.2, 0) is 16.1 Å². The van der Waals surface area contributed by atoms with E-state index in [4.69, 9.17) is 4.74 Å².